The second-order valence-corrected chi connectivity index (χ2v) is 15.1. The van der Waals surface area contributed by atoms with Crippen molar-refractivity contribution in [3.63, 3.8) is 0 Å². The van der Waals surface area contributed by atoms with E-state index < -0.39 is 73.7 Å². The van der Waals surface area contributed by atoms with Crippen LogP contribution >= 0.6 is 23.2 Å². The van der Waals surface area contributed by atoms with Crippen LogP contribution in [0, 0.1) is 22.6 Å². The summed E-state index contributed by atoms with van der Waals surface area (Å²) in [6.45, 7) is 4.04. The second kappa shape index (κ2) is 10.7. The van der Waals surface area contributed by atoms with E-state index in [-0.39, 0.29) is 32.7 Å². The molecule has 3 fully saturated rings. The molecule has 1 saturated heterocycles. The largest absolute Gasteiger partial charge is 0.449 e. The van der Waals surface area contributed by atoms with Crippen LogP contribution < -0.4 is 0 Å². The Labute approximate surface area is 267 Å². The monoisotopic (exact) mass is 683 g/mol. The molecule has 0 N–H and O–H groups in total. The van der Waals surface area contributed by atoms with E-state index in [0.717, 1.165) is 35.0 Å². The number of benzene rings is 3. The number of sulfonamides is 1. The highest BCUT2D eigenvalue weighted by Crippen LogP contribution is 2.70. The highest BCUT2D eigenvalue weighted by atomic mass is 35.5. The maximum Gasteiger partial charge on any atom is 0.419 e. The van der Waals surface area contributed by atoms with E-state index in [9.17, 15) is 31.2 Å². The molecule has 0 aromatic heterocycles. The molecule has 3 aromatic carbocycles. The minimum Gasteiger partial charge on any atom is -0.449 e. The first-order valence-corrected chi connectivity index (χ1v) is 16.5. The number of ether oxygens (including phenoxy) is 1. The molecule has 1 spiro atoms. The Hall–Kier alpha value is -3.15. The van der Waals surface area contributed by atoms with Crippen molar-refractivity contribution >= 4 is 45.1 Å². The first kappa shape index (κ1) is 31.8. The minimum atomic E-state index is -5.03. The molecule has 3 aliphatic rings. The van der Waals surface area contributed by atoms with Gasteiger partial charge in [-0.15, -0.1) is 0 Å². The van der Waals surface area contributed by atoms with Crippen LogP contribution in [0.1, 0.15) is 76.6 Å². The second-order valence-electron chi connectivity index (χ2n) is 12.4. The Morgan fingerprint density at radius 2 is 1.64 bits per heavy atom. The average Bonchev–Trinajstić information content (AvgIpc) is 3.45. The number of amides is 1. The van der Waals surface area contributed by atoms with Crippen LogP contribution in [0.5, 0.6) is 0 Å². The SMILES string of the molecule is CC1(C)[C@@H]2CC[C@]13CS(=O)(=O)N(C(=O)c1cc(Cl)c(Cl)cc1C(=O)O[C@@H](c1ccccc1)c1cccc(C(F)(F)F)c1F)[C@@H]3C2. The van der Waals surface area contributed by atoms with E-state index in [2.05, 4.69) is 0 Å². The number of hydrogen-bond acceptors (Lipinski definition) is 5. The van der Waals surface area contributed by atoms with Crippen molar-refractivity contribution in [2.45, 2.75) is 51.4 Å². The van der Waals surface area contributed by atoms with Crippen molar-refractivity contribution in [1.82, 2.24) is 4.31 Å². The summed E-state index contributed by atoms with van der Waals surface area (Å²) in [4.78, 5) is 28.0. The van der Waals surface area contributed by atoms with Gasteiger partial charge in [-0.05, 0) is 54.4 Å². The summed E-state index contributed by atoms with van der Waals surface area (Å²) in [6.07, 6.45) is -4.75. The van der Waals surface area contributed by atoms with Crippen LogP contribution in [0.4, 0.5) is 17.6 Å². The molecule has 0 unspecified atom stereocenters. The number of alkyl halides is 3. The van der Waals surface area contributed by atoms with Gasteiger partial charge in [0.25, 0.3) is 5.91 Å². The van der Waals surface area contributed by atoms with Gasteiger partial charge in [-0.1, -0.05) is 79.5 Å². The lowest BCUT2D eigenvalue weighted by molar-refractivity contribution is -0.140. The standard InChI is InChI=1S/C32H27Cl2F4NO5S/c1-30(2)18-11-12-31(30)16-45(42,43)39(25(31)13-18)28(40)20-14-23(33)24(34)15-21(20)29(41)44-27(17-7-4-3-5-8-17)19-9-6-10-22(26(19)35)32(36,37)38/h3-10,14-15,18,25,27H,11-13,16H2,1-2H3/t18-,25-,27+,31-/m1/s1. The lowest BCUT2D eigenvalue weighted by Gasteiger charge is -2.37. The fraction of sp³-hybridized carbons (Fsp3) is 0.375. The fourth-order valence-corrected chi connectivity index (χ4v) is 10.5. The van der Waals surface area contributed by atoms with Crippen LogP contribution in [0.25, 0.3) is 0 Å². The van der Waals surface area contributed by atoms with Crippen LogP contribution in [0.2, 0.25) is 10.0 Å². The zero-order chi connectivity index (χ0) is 32.7. The Morgan fingerprint density at radius 1 is 1.00 bits per heavy atom. The van der Waals surface area contributed by atoms with Gasteiger partial charge in [0.1, 0.15) is 5.82 Å². The van der Waals surface area contributed by atoms with Crippen molar-refractivity contribution < 1.29 is 40.3 Å². The van der Waals surface area contributed by atoms with Gasteiger partial charge in [0.2, 0.25) is 10.0 Å². The lowest BCUT2D eigenvalue weighted by Crippen LogP contribution is -2.44. The molecule has 6 rings (SSSR count). The van der Waals surface area contributed by atoms with E-state index in [1.54, 1.807) is 6.07 Å². The first-order valence-electron chi connectivity index (χ1n) is 14.2. The van der Waals surface area contributed by atoms with Crippen molar-refractivity contribution in [1.29, 1.82) is 0 Å². The van der Waals surface area contributed by atoms with Crippen molar-refractivity contribution in [2.24, 2.45) is 16.7 Å². The Balaban J connectivity index is 1.42. The van der Waals surface area contributed by atoms with Crippen molar-refractivity contribution in [3.8, 4) is 0 Å². The average molecular weight is 685 g/mol. The van der Waals surface area contributed by atoms with Crippen LogP contribution in [-0.4, -0.2) is 36.4 Å². The van der Waals surface area contributed by atoms with Gasteiger partial charge in [-0.3, -0.25) is 4.79 Å². The zero-order valence-electron chi connectivity index (χ0n) is 24.0. The Bertz CT molecular complexity index is 1830. The Morgan fingerprint density at radius 3 is 2.27 bits per heavy atom. The number of nitrogens with zero attached hydrogens (tertiary/aromatic N) is 1. The molecular weight excluding hydrogens is 657 g/mol. The van der Waals surface area contributed by atoms with E-state index in [0.29, 0.717) is 18.9 Å². The summed E-state index contributed by atoms with van der Waals surface area (Å²) in [6, 6.07) is 11.6. The predicted octanol–water partition coefficient (Wildman–Crippen LogP) is 8.08. The van der Waals surface area contributed by atoms with Crippen molar-refractivity contribution in [2.75, 3.05) is 5.75 Å². The molecule has 0 radical (unpaired) electrons. The molecule has 2 saturated carbocycles. The fourth-order valence-electron chi connectivity index (χ4n) is 7.65. The highest BCUT2D eigenvalue weighted by molar-refractivity contribution is 7.90. The normalized spacial score (nSPS) is 25.2. The van der Waals surface area contributed by atoms with Crippen molar-refractivity contribution in [3.05, 3.63) is 104 Å². The third-order valence-corrected chi connectivity index (χ3v) is 12.7. The number of hydrogen-bond donors (Lipinski definition) is 0. The smallest absolute Gasteiger partial charge is 0.419 e. The highest BCUT2D eigenvalue weighted by Gasteiger charge is 2.72. The molecule has 13 heteroatoms. The number of carbonyl (C=O) groups is 2. The molecule has 1 amide bonds. The quantitative estimate of drug-likeness (QED) is 0.201. The van der Waals surface area contributed by atoms with Gasteiger partial charge >= 0.3 is 12.1 Å². The van der Waals surface area contributed by atoms with Crippen LogP contribution in [0.15, 0.2) is 60.7 Å². The molecule has 2 bridgehead atoms. The molecule has 1 aliphatic heterocycles. The van der Waals surface area contributed by atoms with Crippen LogP contribution in [0.3, 0.4) is 0 Å². The molecule has 238 valence electrons. The summed E-state index contributed by atoms with van der Waals surface area (Å²) in [7, 11) is -4.11. The van der Waals surface area contributed by atoms with E-state index in [4.69, 9.17) is 27.9 Å². The topological polar surface area (TPSA) is 80.8 Å². The number of esters is 1. The number of halogens is 6. The molecule has 1 heterocycles. The summed E-state index contributed by atoms with van der Waals surface area (Å²) in [5.41, 5.74) is -3.85. The number of fused-ring (bicyclic) bond motifs is 1. The first-order chi connectivity index (χ1) is 21.0. The summed E-state index contributed by atoms with van der Waals surface area (Å²) in [5, 5.41) is -0.303. The van der Waals surface area contributed by atoms with Gasteiger partial charge in [-0.2, -0.15) is 13.2 Å². The summed E-state index contributed by atoms with van der Waals surface area (Å²) < 4.78 is 89.8. The molecular formula is C32H27Cl2F4NO5S. The van der Waals surface area contributed by atoms with E-state index in [1.807, 2.05) is 13.8 Å². The van der Waals surface area contributed by atoms with Gasteiger partial charge in [0.05, 0.1) is 38.5 Å². The maximum atomic E-state index is 15.4. The van der Waals surface area contributed by atoms with Gasteiger partial charge in [0, 0.05) is 11.0 Å². The van der Waals surface area contributed by atoms with E-state index in [1.165, 1.54) is 24.3 Å². The minimum absolute atomic E-state index is 0.139. The lowest BCUT2D eigenvalue weighted by atomic mass is 9.69. The molecule has 6 nitrogen and oxygen atoms in total. The third-order valence-electron chi connectivity index (χ3n) is 10.1. The zero-order valence-corrected chi connectivity index (χ0v) is 26.3. The predicted molar refractivity (Wildman–Crippen MR) is 159 cm³/mol. The number of carbonyl (C=O) groups excluding carboxylic acids is 2. The van der Waals surface area contributed by atoms with Gasteiger partial charge in [0.15, 0.2) is 6.10 Å². The molecule has 45 heavy (non-hydrogen) atoms. The van der Waals surface area contributed by atoms with E-state index >= 15 is 4.39 Å². The summed E-state index contributed by atoms with van der Waals surface area (Å²) >= 11 is 12.5. The van der Waals surface area contributed by atoms with Crippen LogP contribution in [-0.2, 0) is 20.9 Å². The maximum absolute atomic E-state index is 15.4. The van der Waals surface area contributed by atoms with Gasteiger partial charge in [-0.25, -0.2) is 21.9 Å². The van der Waals surface area contributed by atoms with Gasteiger partial charge < -0.3 is 4.74 Å². The molecule has 4 atom stereocenters. The Kier molecular flexibility index (Phi) is 7.57. The molecule has 2 aliphatic carbocycles. The summed E-state index contributed by atoms with van der Waals surface area (Å²) in [5.74, 6) is -3.88. The number of rotatable bonds is 5. The molecule has 3 aromatic rings. The third kappa shape index (κ3) is 4.93.